The number of likely N-dealkylation sites (tertiary alicyclic amines) is 1. The number of carbonyl (C=O) groups is 1. The number of benzene rings is 2. The van der Waals surface area contributed by atoms with Crippen LogP contribution in [0.25, 0.3) is 21.3 Å². The summed E-state index contributed by atoms with van der Waals surface area (Å²) in [5.74, 6) is -1.67. The van der Waals surface area contributed by atoms with Crippen LogP contribution in [0.2, 0.25) is 5.02 Å². The van der Waals surface area contributed by atoms with Gasteiger partial charge in [-0.2, -0.15) is 5.26 Å². The lowest BCUT2D eigenvalue weighted by atomic mass is 9.85. The van der Waals surface area contributed by atoms with Crippen molar-refractivity contribution in [2.45, 2.75) is 30.7 Å². The highest BCUT2D eigenvalue weighted by Crippen LogP contribution is 2.42. The van der Waals surface area contributed by atoms with E-state index < -0.39 is 30.0 Å². The zero-order chi connectivity index (χ0) is 32.5. The Labute approximate surface area is 271 Å². The molecule has 1 amide bonds. The predicted molar refractivity (Wildman–Crippen MR) is 173 cm³/mol. The second kappa shape index (κ2) is 13.0. The number of nitriles is 1. The number of rotatable bonds is 6. The summed E-state index contributed by atoms with van der Waals surface area (Å²) in [7, 11) is 1.81. The third kappa shape index (κ3) is 5.66. The van der Waals surface area contributed by atoms with Crippen molar-refractivity contribution in [2.75, 3.05) is 46.4 Å². The lowest BCUT2D eigenvalue weighted by Gasteiger charge is -2.44. The van der Waals surface area contributed by atoms with E-state index in [1.165, 1.54) is 6.08 Å². The Balaban J connectivity index is 1.42. The van der Waals surface area contributed by atoms with E-state index in [-0.39, 0.29) is 68.3 Å². The maximum absolute atomic E-state index is 16.8. The number of halogens is 3. The van der Waals surface area contributed by atoms with E-state index in [0.29, 0.717) is 28.2 Å². The second-order valence-electron chi connectivity index (χ2n) is 11.8. The van der Waals surface area contributed by atoms with Crippen LogP contribution in [0.5, 0.6) is 0 Å². The molecule has 2 aromatic carbocycles. The molecule has 2 unspecified atom stereocenters. The number of hydrogen-bond acceptors (Lipinski definition) is 7. The van der Waals surface area contributed by atoms with E-state index in [1.807, 2.05) is 41.1 Å². The van der Waals surface area contributed by atoms with Gasteiger partial charge in [-0.25, -0.2) is 20.3 Å². The number of carbonyl (C=O) groups excluding carboxylic acids is 1. The average molecular weight is 644 g/mol. The highest BCUT2D eigenvalue weighted by Gasteiger charge is 2.44. The molecule has 0 aromatic heterocycles. The Morgan fingerprint density at radius 3 is 2.74 bits per heavy atom. The summed E-state index contributed by atoms with van der Waals surface area (Å²) in [4.78, 5) is 30.8. The van der Waals surface area contributed by atoms with Crippen molar-refractivity contribution >= 4 is 46.1 Å². The highest BCUT2D eigenvalue weighted by molar-refractivity contribution is 6.36. The number of hydrogen-bond donors (Lipinski definition) is 0. The number of fused-ring (bicyclic) bond motifs is 2. The van der Waals surface area contributed by atoms with Gasteiger partial charge in [-0.05, 0) is 31.0 Å². The minimum atomic E-state index is -1.10. The van der Waals surface area contributed by atoms with Gasteiger partial charge in [0.05, 0.1) is 5.92 Å². The molecule has 0 spiro atoms. The molecule has 236 valence electrons. The summed E-state index contributed by atoms with van der Waals surface area (Å²) in [5.41, 5.74) is 1.19. The van der Waals surface area contributed by atoms with Gasteiger partial charge in [0.15, 0.2) is 5.83 Å². The summed E-state index contributed by atoms with van der Waals surface area (Å²) >= 11 is 6.58. The van der Waals surface area contributed by atoms with Crippen molar-refractivity contribution < 1.29 is 18.3 Å². The number of aliphatic imine (C=N–C) groups is 2. The minimum absolute atomic E-state index is 0.0264. The molecule has 46 heavy (non-hydrogen) atoms. The molecule has 4 aliphatic rings. The van der Waals surface area contributed by atoms with Crippen LogP contribution in [-0.4, -0.2) is 103 Å². The Morgan fingerprint density at radius 1 is 1.26 bits per heavy atom. The summed E-state index contributed by atoms with van der Waals surface area (Å²) in [6, 6.07) is 11.3. The van der Waals surface area contributed by atoms with E-state index in [2.05, 4.69) is 27.5 Å². The standard InChI is InChI=1S/C34H32ClF2N7O2/c1-4-28(45)44-12-11-43(18-23(44)15-39-2)33-25(14-38)34(46-19-22-13-21(36)17-42(22)3)41-32-26(33)16-40-31(30(32)37)24-9-5-7-20-8-6-10-27(35)29(20)24/h4-10,16,21-23,26,32H,1,11-13,15,17-19H2,3H3/t21-,22+,23+,26?,32?/m1/s1. The fourth-order valence-corrected chi connectivity index (χ4v) is 7.10. The fourth-order valence-electron chi connectivity index (χ4n) is 6.82. The number of piperazine rings is 1. The zero-order valence-corrected chi connectivity index (χ0v) is 26.0. The van der Waals surface area contributed by atoms with Gasteiger partial charge in [0.25, 0.3) is 0 Å². The van der Waals surface area contributed by atoms with Crippen LogP contribution in [0.1, 0.15) is 12.0 Å². The monoisotopic (exact) mass is 643 g/mol. The van der Waals surface area contributed by atoms with Crippen LogP contribution in [0.15, 0.2) is 76.1 Å². The molecule has 0 bridgehead atoms. The average Bonchev–Trinajstić information content (AvgIpc) is 3.39. The van der Waals surface area contributed by atoms with Crippen LogP contribution in [0.4, 0.5) is 8.78 Å². The van der Waals surface area contributed by atoms with Crippen LogP contribution >= 0.6 is 11.6 Å². The number of likely N-dealkylation sites (N-methyl/N-ethyl adjacent to an activating group) is 1. The van der Waals surface area contributed by atoms with Gasteiger partial charge in [0, 0.05) is 60.1 Å². The third-order valence-electron chi connectivity index (χ3n) is 9.09. The molecule has 4 heterocycles. The van der Waals surface area contributed by atoms with Crippen molar-refractivity contribution in [2.24, 2.45) is 15.9 Å². The molecule has 4 aliphatic heterocycles. The molecule has 2 aromatic rings. The van der Waals surface area contributed by atoms with Gasteiger partial charge in [-0.15, -0.1) is 0 Å². The quantitative estimate of drug-likeness (QED) is 0.324. The molecule has 2 saturated heterocycles. The molecular weight excluding hydrogens is 612 g/mol. The van der Waals surface area contributed by atoms with Crippen molar-refractivity contribution in [1.82, 2.24) is 14.7 Å². The van der Waals surface area contributed by atoms with Gasteiger partial charge in [0.2, 0.25) is 18.3 Å². The van der Waals surface area contributed by atoms with Gasteiger partial charge in [-0.3, -0.25) is 14.7 Å². The highest BCUT2D eigenvalue weighted by atomic mass is 35.5. The van der Waals surface area contributed by atoms with E-state index in [0.717, 1.165) is 5.39 Å². The van der Waals surface area contributed by atoms with Gasteiger partial charge in [-0.1, -0.05) is 48.5 Å². The molecule has 2 fully saturated rings. The molecule has 0 radical (unpaired) electrons. The van der Waals surface area contributed by atoms with Crippen LogP contribution < -0.4 is 0 Å². The summed E-state index contributed by atoms with van der Waals surface area (Å²) in [6.45, 7) is 12.3. The summed E-state index contributed by atoms with van der Waals surface area (Å²) < 4.78 is 37.1. The molecular formula is C34H32ClF2N7O2. The maximum atomic E-state index is 16.8. The molecule has 6 rings (SSSR count). The molecule has 9 nitrogen and oxygen atoms in total. The van der Waals surface area contributed by atoms with E-state index >= 15 is 4.39 Å². The normalized spacial score (nSPS) is 26.5. The second-order valence-corrected chi connectivity index (χ2v) is 12.2. The number of nitrogens with zero attached hydrogens (tertiary/aromatic N) is 7. The maximum Gasteiger partial charge on any atom is 0.246 e. The van der Waals surface area contributed by atoms with Gasteiger partial charge >= 0.3 is 0 Å². The van der Waals surface area contributed by atoms with E-state index in [9.17, 15) is 14.4 Å². The lowest BCUT2D eigenvalue weighted by Crippen LogP contribution is -2.57. The Morgan fingerprint density at radius 2 is 2.04 bits per heavy atom. The molecule has 0 N–H and O–H groups in total. The Bertz CT molecular complexity index is 1790. The number of alkyl halides is 1. The topological polar surface area (TPSA) is 88.9 Å². The first-order chi connectivity index (χ1) is 22.2. The van der Waals surface area contributed by atoms with Crippen molar-refractivity contribution in [3.63, 3.8) is 0 Å². The van der Waals surface area contributed by atoms with Gasteiger partial charge in [0.1, 0.15) is 42.2 Å². The lowest BCUT2D eigenvalue weighted by molar-refractivity contribution is -0.130. The van der Waals surface area contributed by atoms with E-state index in [4.69, 9.17) is 22.9 Å². The van der Waals surface area contributed by atoms with Crippen LogP contribution in [0.3, 0.4) is 0 Å². The van der Waals surface area contributed by atoms with Crippen LogP contribution in [-0.2, 0) is 9.53 Å². The van der Waals surface area contributed by atoms with Crippen molar-refractivity contribution in [3.8, 4) is 6.07 Å². The Kier molecular flexibility index (Phi) is 8.90. The third-order valence-corrected chi connectivity index (χ3v) is 9.40. The first-order valence-electron chi connectivity index (χ1n) is 15.1. The first-order valence-corrected chi connectivity index (χ1v) is 15.5. The van der Waals surface area contributed by atoms with Gasteiger partial charge < -0.3 is 19.4 Å². The fraction of sp³-hybridized carbons (Fsp3) is 0.382. The Hall–Kier alpha value is -4.58. The van der Waals surface area contributed by atoms with Crippen molar-refractivity contribution in [1.29, 1.82) is 5.26 Å². The molecule has 0 saturated carbocycles. The predicted octanol–water partition coefficient (Wildman–Crippen LogP) is 5.07. The number of ether oxygens (including phenoxy) is 1. The molecule has 0 aliphatic carbocycles. The van der Waals surface area contributed by atoms with Crippen molar-refractivity contribution in [3.05, 3.63) is 88.2 Å². The SMILES string of the molecule is [C-]#[N+]C[C@H]1CN(C2=C(C#N)C(OC[C@@H]3C[C@@H](F)CN3C)=NC3C(F)=C(c4cccc5cccc(Cl)c45)N=CC23)CCN1C(=O)C=C. The summed E-state index contributed by atoms with van der Waals surface area (Å²) in [6.07, 6.45) is 2.12. The minimum Gasteiger partial charge on any atom is -0.475 e. The first kappa shape index (κ1) is 31.4. The zero-order valence-electron chi connectivity index (χ0n) is 25.2. The number of amides is 1. The number of dihydropyridines is 1. The largest absolute Gasteiger partial charge is 0.475 e. The smallest absolute Gasteiger partial charge is 0.246 e. The summed E-state index contributed by atoms with van der Waals surface area (Å²) in [5, 5.41) is 12.4. The van der Waals surface area contributed by atoms with Crippen LogP contribution in [0, 0.1) is 23.8 Å². The molecule has 5 atom stereocenters. The van der Waals surface area contributed by atoms with E-state index in [1.54, 1.807) is 23.2 Å². The molecule has 12 heteroatoms.